The van der Waals surface area contributed by atoms with Gasteiger partial charge in [0.15, 0.2) is 0 Å². The van der Waals surface area contributed by atoms with E-state index in [9.17, 15) is 13.2 Å². The summed E-state index contributed by atoms with van der Waals surface area (Å²) < 4.78 is 27.3. The molecule has 0 aromatic carbocycles. The Bertz CT molecular complexity index is 811. The molecule has 1 amide bonds. The molecule has 0 radical (unpaired) electrons. The predicted octanol–water partition coefficient (Wildman–Crippen LogP) is 0.160. The number of hydrogen-bond acceptors (Lipinski definition) is 6. The van der Waals surface area contributed by atoms with Gasteiger partial charge in [-0.15, -0.1) is 10.2 Å². The first kappa shape index (κ1) is 17.5. The molecule has 9 nitrogen and oxygen atoms in total. The van der Waals surface area contributed by atoms with Crippen LogP contribution in [-0.2, 0) is 10.0 Å². The summed E-state index contributed by atoms with van der Waals surface area (Å²) in [5, 5.41) is 7.43. The third-order valence-corrected chi connectivity index (χ3v) is 6.14. The van der Waals surface area contributed by atoms with Gasteiger partial charge in [0.05, 0.1) is 11.3 Å². The SMILES string of the molecule is CCCS(=O)(=O)N1CCN(C(=O)c2ccc(-n3cnnc3)nc2)CC1. The zero-order valence-corrected chi connectivity index (χ0v) is 14.8. The van der Waals surface area contributed by atoms with E-state index < -0.39 is 10.0 Å². The maximum absolute atomic E-state index is 12.6. The van der Waals surface area contributed by atoms with Crippen molar-refractivity contribution in [1.82, 2.24) is 29.0 Å². The zero-order valence-electron chi connectivity index (χ0n) is 13.9. The average Bonchev–Trinajstić information content (AvgIpc) is 3.16. The normalized spacial score (nSPS) is 16.1. The fraction of sp³-hybridized carbons (Fsp3) is 0.467. The van der Waals surface area contributed by atoms with Crippen molar-refractivity contribution in [3.05, 3.63) is 36.5 Å². The zero-order chi connectivity index (χ0) is 17.9. The van der Waals surface area contributed by atoms with E-state index in [0.29, 0.717) is 44.0 Å². The molecular weight excluding hydrogens is 344 g/mol. The lowest BCUT2D eigenvalue weighted by Crippen LogP contribution is -2.51. The van der Waals surface area contributed by atoms with Crippen LogP contribution in [0, 0.1) is 0 Å². The molecule has 2 aromatic heterocycles. The minimum Gasteiger partial charge on any atom is -0.336 e. The van der Waals surface area contributed by atoms with E-state index in [2.05, 4.69) is 15.2 Å². The molecule has 1 aliphatic rings. The summed E-state index contributed by atoms with van der Waals surface area (Å²) in [6.45, 7) is 3.28. The average molecular weight is 364 g/mol. The van der Waals surface area contributed by atoms with Gasteiger partial charge < -0.3 is 4.90 Å². The quantitative estimate of drug-likeness (QED) is 0.749. The van der Waals surface area contributed by atoms with Crippen LogP contribution in [0.4, 0.5) is 0 Å². The van der Waals surface area contributed by atoms with E-state index >= 15 is 0 Å². The van der Waals surface area contributed by atoms with Crippen LogP contribution in [0.2, 0.25) is 0 Å². The van der Waals surface area contributed by atoms with Crippen molar-refractivity contribution in [2.24, 2.45) is 0 Å². The van der Waals surface area contributed by atoms with Crippen molar-refractivity contribution >= 4 is 15.9 Å². The van der Waals surface area contributed by atoms with Crippen molar-refractivity contribution in [1.29, 1.82) is 0 Å². The maximum atomic E-state index is 12.6. The summed E-state index contributed by atoms with van der Waals surface area (Å²) in [5.74, 6) is 0.627. The van der Waals surface area contributed by atoms with Crippen LogP contribution >= 0.6 is 0 Å². The molecule has 0 unspecified atom stereocenters. The lowest BCUT2D eigenvalue weighted by molar-refractivity contribution is 0.0697. The van der Waals surface area contributed by atoms with Gasteiger partial charge in [-0.25, -0.2) is 13.4 Å². The lowest BCUT2D eigenvalue weighted by Gasteiger charge is -2.34. The first-order valence-electron chi connectivity index (χ1n) is 8.09. The van der Waals surface area contributed by atoms with Crippen LogP contribution in [-0.4, -0.2) is 75.2 Å². The highest BCUT2D eigenvalue weighted by atomic mass is 32.2. The standard InChI is InChI=1S/C15H20N6O3S/c1-2-9-25(23,24)21-7-5-19(6-8-21)15(22)13-3-4-14(16-10-13)20-11-17-18-12-20/h3-4,10-12H,2,5-9H2,1H3. The van der Waals surface area contributed by atoms with E-state index in [1.807, 2.05) is 6.92 Å². The molecule has 25 heavy (non-hydrogen) atoms. The molecule has 0 saturated carbocycles. The Balaban J connectivity index is 1.63. The van der Waals surface area contributed by atoms with Gasteiger partial charge >= 0.3 is 0 Å². The van der Waals surface area contributed by atoms with Gasteiger partial charge in [0.25, 0.3) is 5.91 Å². The van der Waals surface area contributed by atoms with Crippen LogP contribution in [0.25, 0.3) is 5.82 Å². The second-order valence-electron chi connectivity index (χ2n) is 5.78. The molecule has 0 spiro atoms. The van der Waals surface area contributed by atoms with Gasteiger partial charge in [0.1, 0.15) is 18.5 Å². The predicted molar refractivity (Wildman–Crippen MR) is 90.7 cm³/mol. The number of aromatic nitrogens is 4. The Kier molecular flexibility index (Phi) is 5.09. The second-order valence-corrected chi connectivity index (χ2v) is 7.87. The van der Waals surface area contributed by atoms with Gasteiger partial charge in [-0.1, -0.05) is 6.92 Å². The lowest BCUT2D eigenvalue weighted by atomic mass is 10.2. The molecule has 0 aliphatic carbocycles. The van der Waals surface area contributed by atoms with Crippen molar-refractivity contribution in [2.75, 3.05) is 31.9 Å². The highest BCUT2D eigenvalue weighted by Gasteiger charge is 2.28. The Labute approximate surface area is 146 Å². The van der Waals surface area contributed by atoms with Gasteiger partial charge in [-0.2, -0.15) is 4.31 Å². The number of carbonyl (C=O) groups excluding carboxylic acids is 1. The van der Waals surface area contributed by atoms with E-state index in [1.54, 1.807) is 21.6 Å². The molecule has 3 heterocycles. The minimum absolute atomic E-state index is 0.143. The largest absolute Gasteiger partial charge is 0.336 e. The number of nitrogens with zero attached hydrogens (tertiary/aromatic N) is 6. The van der Waals surface area contributed by atoms with Crippen LogP contribution in [0.3, 0.4) is 0 Å². The molecule has 3 rings (SSSR count). The maximum Gasteiger partial charge on any atom is 0.255 e. The highest BCUT2D eigenvalue weighted by Crippen LogP contribution is 2.13. The Morgan fingerprint density at radius 2 is 1.80 bits per heavy atom. The number of piperazine rings is 1. The van der Waals surface area contributed by atoms with Crippen LogP contribution < -0.4 is 0 Å². The summed E-state index contributed by atoms with van der Waals surface area (Å²) >= 11 is 0. The Morgan fingerprint density at radius 1 is 1.12 bits per heavy atom. The topological polar surface area (TPSA) is 101 Å². The fourth-order valence-electron chi connectivity index (χ4n) is 2.72. The summed E-state index contributed by atoms with van der Waals surface area (Å²) in [6.07, 6.45) is 5.16. The highest BCUT2D eigenvalue weighted by molar-refractivity contribution is 7.89. The number of rotatable bonds is 5. The monoisotopic (exact) mass is 364 g/mol. The molecule has 1 saturated heterocycles. The summed E-state index contributed by atoms with van der Waals surface area (Å²) in [7, 11) is -3.21. The molecule has 0 bridgehead atoms. The number of pyridine rings is 1. The molecule has 1 fully saturated rings. The summed E-state index contributed by atoms with van der Waals surface area (Å²) in [4.78, 5) is 18.5. The summed E-state index contributed by atoms with van der Waals surface area (Å²) in [6, 6.07) is 3.42. The van der Waals surface area contributed by atoms with Gasteiger partial charge in [-0.05, 0) is 18.6 Å². The molecule has 134 valence electrons. The van der Waals surface area contributed by atoms with Gasteiger partial charge in [0.2, 0.25) is 10.0 Å². The molecule has 0 N–H and O–H groups in total. The van der Waals surface area contributed by atoms with Crippen molar-refractivity contribution in [2.45, 2.75) is 13.3 Å². The van der Waals surface area contributed by atoms with Crippen LogP contribution in [0.1, 0.15) is 23.7 Å². The van der Waals surface area contributed by atoms with Crippen molar-refractivity contribution in [3.8, 4) is 5.82 Å². The van der Waals surface area contributed by atoms with Crippen LogP contribution in [0.15, 0.2) is 31.0 Å². The van der Waals surface area contributed by atoms with Crippen molar-refractivity contribution < 1.29 is 13.2 Å². The van der Waals surface area contributed by atoms with Crippen molar-refractivity contribution in [3.63, 3.8) is 0 Å². The second kappa shape index (κ2) is 7.28. The first-order valence-corrected chi connectivity index (χ1v) is 9.70. The van der Waals surface area contributed by atoms with E-state index in [0.717, 1.165) is 0 Å². The minimum atomic E-state index is -3.21. The third-order valence-electron chi connectivity index (χ3n) is 4.06. The first-order chi connectivity index (χ1) is 12.0. The molecule has 2 aromatic rings. The number of hydrogen-bond donors (Lipinski definition) is 0. The molecule has 1 aliphatic heterocycles. The molecule has 10 heteroatoms. The molecular formula is C15H20N6O3S. The van der Waals surface area contributed by atoms with E-state index in [1.165, 1.54) is 23.2 Å². The Hall–Kier alpha value is -2.33. The third kappa shape index (κ3) is 3.85. The number of carbonyl (C=O) groups is 1. The van der Waals surface area contributed by atoms with Crippen LogP contribution in [0.5, 0.6) is 0 Å². The fourth-order valence-corrected chi connectivity index (χ4v) is 4.22. The number of sulfonamides is 1. The smallest absolute Gasteiger partial charge is 0.255 e. The summed E-state index contributed by atoms with van der Waals surface area (Å²) in [5.41, 5.74) is 0.474. The number of amides is 1. The van der Waals surface area contributed by atoms with Gasteiger partial charge in [0, 0.05) is 32.4 Å². The van der Waals surface area contributed by atoms with E-state index in [-0.39, 0.29) is 11.7 Å². The Morgan fingerprint density at radius 3 is 2.36 bits per heavy atom. The van der Waals surface area contributed by atoms with E-state index in [4.69, 9.17) is 0 Å². The molecule has 0 atom stereocenters. The van der Waals surface area contributed by atoms with Gasteiger partial charge in [-0.3, -0.25) is 9.36 Å².